The number of hydrogen-bond acceptors (Lipinski definition) is 4. The molecule has 0 spiro atoms. The molecule has 0 saturated carbocycles. The number of ether oxygens (including phenoxy) is 1. The smallest absolute Gasteiger partial charge is 0.141 e. The maximum Gasteiger partial charge on any atom is 0.141 e. The Morgan fingerprint density at radius 2 is 1.75 bits per heavy atom. The van der Waals surface area contributed by atoms with E-state index in [0.29, 0.717) is 12.4 Å². The first-order chi connectivity index (χ1) is 13.6. The van der Waals surface area contributed by atoms with E-state index in [-0.39, 0.29) is 5.82 Å². The van der Waals surface area contributed by atoms with Crippen molar-refractivity contribution in [3.8, 4) is 5.75 Å². The first-order valence-electron chi connectivity index (χ1n) is 9.05. The molecule has 5 heteroatoms. The van der Waals surface area contributed by atoms with Gasteiger partial charge in [0.15, 0.2) is 0 Å². The first kappa shape index (κ1) is 17.9. The minimum atomic E-state index is -0.266. The maximum absolute atomic E-state index is 13.3. The zero-order valence-electron chi connectivity index (χ0n) is 15.7. The third-order valence-corrected chi connectivity index (χ3v) is 4.64. The number of aryl methyl sites for hydroxylation is 2. The molecule has 140 valence electrons. The summed E-state index contributed by atoms with van der Waals surface area (Å²) in [4.78, 5) is 8.77. The van der Waals surface area contributed by atoms with E-state index in [0.717, 1.165) is 28.0 Å². The van der Waals surface area contributed by atoms with Gasteiger partial charge in [-0.15, -0.1) is 0 Å². The third-order valence-electron chi connectivity index (χ3n) is 4.64. The summed E-state index contributed by atoms with van der Waals surface area (Å²) in [5.41, 5.74) is 4.93. The SMILES string of the molecule is Cc1cc2ncnc(Nc3cccc(OCc4cccc(F)c4)c3)c2cc1C. The van der Waals surface area contributed by atoms with Crippen LogP contribution < -0.4 is 10.1 Å². The van der Waals surface area contributed by atoms with Crippen LogP contribution in [0.2, 0.25) is 0 Å². The minimum absolute atomic E-state index is 0.266. The molecule has 0 aliphatic carbocycles. The Morgan fingerprint density at radius 1 is 0.929 bits per heavy atom. The molecule has 1 N–H and O–H groups in total. The average molecular weight is 373 g/mol. The number of aromatic nitrogens is 2. The van der Waals surface area contributed by atoms with E-state index in [2.05, 4.69) is 41.3 Å². The summed E-state index contributed by atoms with van der Waals surface area (Å²) in [7, 11) is 0. The van der Waals surface area contributed by atoms with Crippen LogP contribution >= 0.6 is 0 Å². The lowest BCUT2D eigenvalue weighted by atomic mass is 10.1. The molecule has 4 aromatic rings. The van der Waals surface area contributed by atoms with Crippen molar-refractivity contribution in [3.63, 3.8) is 0 Å². The van der Waals surface area contributed by atoms with Crippen LogP contribution in [0.3, 0.4) is 0 Å². The van der Waals surface area contributed by atoms with Gasteiger partial charge in [0.2, 0.25) is 0 Å². The molecular formula is C23H20FN3O. The lowest BCUT2D eigenvalue weighted by molar-refractivity contribution is 0.306. The van der Waals surface area contributed by atoms with Crippen molar-refractivity contribution in [2.75, 3.05) is 5.32 Å². The number of nitrogens with one attached hydrogen (secondary N) is 1. The third kappa shape index (κ3) is 3.93. The molecule has 4 rings (SSSR count). The summed E-state index contributed by atoms with van der Waals surface area (Å²) >= 11 is 0. The Balaban J connectivity index is 1.55. The minimum Gasteiger partial charge on any atom is -0.489 e. The van der Waals surface area contributed by atoms with Crippen molar-refractivity contribution in [3.05, 3.63) is 89.5 Å². The standard InChI is InChI=1S/C23H20FN3O/c1-15-9-21-22(10-16(15)2)25-14-26-23(21)27-19-7-4-8-20(12-19)28-13-17-5-3-6-18(24)11-17/h3-12,14H,13H2,1-2H3,(H,25,26,27). The van der Waals surface area contributed by atoms with Crippen LogP contribution in [-0.4, -0.2) is 9.97 Å². The number of rotatable bonds is 5. The highest BCUT2D eigenvalue weighted by Crippen LogP contribution is 2.27. The molecule has 0 unspecified atom stereocenters. The molecule has 1 aromatic heterocycles. The van der Waals surface area contributed by atoms with Gasteiger partial charge in [0.05, 0.1) is 5.52 Å². The molecule has 0 amide bonds. The Morgan fingerprint density at radius 3 is 2.61 bits per heavy atom. The van der Waals surface area contributed by atoms with Gasteiger partial charge in [0, 0.05) is 17.1 Å². The van der Waals surface area contributed by atoms with Gasteiger partial charge in [0.25, 0.3) is 0 Å². The topological polar surface area (TPSA) is 47.0 Å². The summed E-state index contributed by atoms with van der Waals surface area (Å²) in [6, 6.07) is 18.2. The highest BCUT2D eigenvalue weighted by molar-refractivity contribution is 5.91. The molecule has 0 atom stereocenters. The van der Waals surface area contributed by atoms with E-state index in [1.54, 1.807) is 12.4 Å². The predicted molar refractivity (Wildman–Crippen MR) is 109 cm³/mol. The van der Waals surface area contributed by atoms with E-state index >= 15 is 0 Å². The molecule has 0 saturated heterocycles. The normalized spacial score (nSPS) is 10.8. The van der Waals surface area contributed by atoms with Gasteiger partial charge in [0.1, 0.15) is 30.3 Å². The number of benzene rings is 3. The Hall–Kier alpha value is -3.47. The molecule has 1 heterocycles. The second-order valence-corrected chi connectivity index (χ2v) is 6.75. The van der Waals surface area contributed by atoms with Gasteiger partial charge < -0.3 is 10.1 Å². The van der Waals surface area contributed by atoms with Gasteiger partial charge in [-0.25, -0.2) is 14.4 Å². The molecule has 0 fully saturated rings. The fourth-order valence-electron chi connectivity index (χ4n) is 3.01. The monoisotopic (exact) mass is 373 g/mol. The Labute approximate surface area is 163 Å². The summed E-state index contributed by atoms with van der Waals surface area (Å²) in [5, 5.41) is 4.32. The van der Waals surface area contributed by atoms with Crippen LogP contribution in [0.25, 0.3) is 10.9 Å². The van der Waals surface area contributed by atoms with Crippen LogP contribution in [0.4, 0.5) is 15.9 Å². The van der Waals surface area contributed by atoms with E-state index in [1.807, 2.05) is 30.3 Å². The van der Waals surface area contributed by atoms with E-state index in [9.17, 15) is 4.39 Å². The van der Waals surface area contributed by atoms with Crippen molar-refractivity contribution >= 4 is 22.4 Å². The van der Waals surface area contributed by atoms with E-state index < -0.39 is 0 Å². The fraction of sp³-hybridized carbons (Fsp3) is 0.130. The maximum atomic E-state index is 13.3. The highest BCUT2D eigenvalue weighted by Gasteiger charge is 2.07. The number of fused-ring (bicyclic) bond motifs is 1. The summed E-state index contributed by atoms with van der Waals surface area (Å²) in [6.07, 6.45) is 1.56. The molecular weight excluding hydrogens is 353 g/mol. The summed E-state index contributed by atoms with van der Waals surface area (Å²) in [5.74, 6) is 1.17. The van der Waals surface area contributed by atoms with E-state index in [4.69, 9.17) is 4.74 Å². The molecule has 0 bridgehead atoms. The van der Waals surface area contributed by atoms with Crippen LogP contribution in [-0.2, 0) is 6.61 Å². The Kier molecular flexibility index (Phi) is 4.89. The van der Waals surface area contributed by atoms with Crippen LogP contribution in [0.1, 0.15) is 16.7 Å². The number of nitrogens with zero attached hydrogens (tertiary/aromatic N) is 2. The predicted octanol–water partition coefficient (Wildman–Crippen LogP) is 5.71. The number of halogens is 1. The largest absolute Gasteiger partial charge is 0.489 e. The van der Waals surface area contributed by atoms with Crippen molar-refractivity contribution < 1.29 is 9.13 Å². The highest BCUT2D eigenvalue weighted by atomic mass is 19.1. The second kappa shape index (κ2) is 7.64. The number of hydrogen-bond donors (Lipinski definition) is 1. The molecule has 0 aliphatic rings. The van der Waals surface area contributed by atoms with Crippen molar-refractivity contribution in [2.24, 2.45) is 0 Å². The molecule has 0 radical (unpaired) electrons. The van der Waals surface area contributed by atoms with Gasteiger partial charge >= 0.3 is 0 Å². The first-order valence-corrected chi connectivity index (χ1v) is 9.05. The van der Waals surface area contributed by atoms with Gasteiger partial charge in [-0.3, -0.25) is 0 Å². The zero-order valence-corrected chi connectivity index (χ0v) is 15.7. The van der Waals surface area contributed by atoms with Gasteiger partial charge in [-0.2, -0.15) is 0 Å². The molecule has 28 heavy (non-hydrogen) atoms. The van der Waals surface area contributed by atoms with Gasteiger partial charge in [-0.05, 0) is 66.9 Å². The van der Waals surface area contributed by atoms with Gasteiger partial charge in [-0.1, -0.05) is 18.2 Å². The van der Waals surface area contributed by atoms with E-state index in [1.165, 1.54) is 23.3 Å². The van der Waals surface area contributed by atoms with Crippen LogP contribution in [0.5, 0.6) is 5.75 Å². The van der Waals surface area contributed by atoms with Crippen molar-refractivity contribution in [1.82, 2.24) is 9.97 Å². The van der Waals surface area contributed by atoms with Crippen molar-refractivity contribution in [2.45, 2.75) is 20.5 Å². The van der Waals surface area contributed by atoms with Crippen LogP contribution in [0.15, 0.2) is 67.0 Å². The zero-order chi connectivity index (χ0) is 19.5. The number of anilines is 2. The summed E-state index contributed by atoms with van der Waals surface area (Å²) in [6.45, 7) is 4.45. The fourth-order valence-corrected chi connectivity index (χ4v) is 3.01. The summed E-state index contributed by atoms with van der Waals surface area (Å²) < 4.78 is 19.1. The quantitative estimate of drug-likeness (QED) is 0.487. The molecule has 0 aliphatic heterocycles. The molecule has 4 nitrogen and oxygen atoms in total. The lowest BCUT2D eigenvalue weighted by Gasteiger charge is -2.12. The molecule has 3 aromatic carbocycles. The average Bonchev–Trinajstić information content (AvgIpc) is 2.68. The van der Waals surface area contributed by atoms with Crippen molar-refractivity contribution in [1.29, 1.82) is 0 Å². The van der Waals surface area contributed by atoms with Crippen LogP contribution in [0, 0.1) is 19.7 Å². The Bertz CT molecular complexity index is 1140. The second-order valence-electron chi connectivity index (χ2n) is 6.75. The lowest BCUT2D eigenvalue weighted by Crippen LogP contribution is -1.99.